The molecule has 0 saturated heterocycles. The van der Waals surface area contributed by atoms with Crippen molar-refractivity contribution < 1.29 is 9.18 Å². The molecule has 66 valence electrons. The van der Waals surface area contributed by atoms with Gasteiger partial charge in [-0.3, -0.25) is 4.79 Å². The van der Waals surface area contributed by atoms with Crippen molar-refractivity contribution >= 4 is 28.9 Å². The van der Waals surface area contributed by atoms with Gasteiger partial charge in [-0.2, -0.15) is 5.26 Å². The number of carbonyl (C=O) groups is 1. The molecular formula is C9H5FINO. The standard InChI is InChI=1S/C9H5FINO/c10-8-2-1-6(5-13)7(3-4-12)9(8)11/h1-2,5H,3H2. The molecule has 13 heavy (non-hydrogen) atoms. The maximum Gasteiger partial charge on any atom is 0.150 e. The summed E-state index contributed by atoms with van der Waals surface area (Å²) in [5.41, 5.74) is 0.852. The largest absolute Gasteiger partial charge is 0.298 e. The summed E-state index contributed by atoms with van der Waals surface area (Å²) in [5, 5.41) is 8.46. The number of hydrogen-bond acceptors (Lipinski definition) is 2. The Hall–Kier alpha value is -0.960. The lowest BCUT2D eigenvalue weighted by Gasteiger charge is -2.03. The SMILES string of the molecule is N#CCc1c(C=O)ccc(F)c1I. The molecule has 0 atom stereocenters. The van der Waals surface area contributed by atoms with Crippen LogP contribution in [0.3, 0.4) is 0 Å². The molecule has 0 aromatic heterocycles. The maximum atomic E-state index is 13.0. The summed E-state index contributed by atoms with van der Waals surface area (Å²) in [4.78, 5) is 10.5. The second-order valence-electron chi connectivity index (χ2n) is 2.38. The highest BCUT2D eigenvalue weighted by Gasteiger charge is 2.09. The Morgan fingerprint density at radius 1 is 1.62 bits per heavy atom. The van der Waals surface area contributed by atoms with Crippen LogP contribution < -0.4 is 0 Å². The van der Waals surface area contributed by atoms with E-state index in [0.717, 1.165) is 0 Å². The van der Waals surface area contributed by atoms with E-state index in [2.05, 4.69) is 0 Å². The van der Waals surface area contributed by atoms with E-state index in [0.29, 0.717) is 21.0 Å². The van der Waals surface area contributed by atoms with Gasteiger partial charge in [0.05, 0.1) is 16.1 Å². The number of rotatable bonds is 2. The molecule has 0 aliphatic heterocycles. The monoisotopic (exact) mass is 289 g/mol. The molecule has 0 fully saturated rings. The first-order chi connectivity index (χ1) is 6.20. The second kappa shape index (κ2) is 4.33. The Balaban J connectivity index is 3.33. The van der Waals surface area contributed by atoms with Gasteiger partial charge in [-0.25, -0.2) is 4.39 Å². The van der Waals surface area contributed by atoms with E-state index in [1.54, 1.807) is 22.6 Å². The van der Waals surface area contributed by atoms with Gasteiger partial charge in [0.2, 0.25) is 0 Å². The quantitative estimate of drug-likeness (QED) is 0.619. The zero-order valence-corrected chi connectivity index (χ0v) is 8.71. The van der Waals surface area contributed by atoms with Crippen LogP contribution >= 0.6 is 22.6 Å². The Labute approximate surface area is 88.5 Å². The van der Waals surface area contributed by atoms with Gasteiger partial charge < -0.3 is 0 Å². The molecule has 0 spiro atoms. The van der Waals surface area contributed by atoms with Gasteiger partial charge in [0.25, 0.3) is 0 Å². The van der Waals surface area contributed by atoms with Gasteiger partial charge in [-0.15, -0.1) is 0 Å². The van der Waals surface area contributed by atoms with E-state index in [1.165, 1.54) is 12.1 Å². The Kier molecular flexibility index (Phi) is 3.37. The summed E-state index contributed by atoms with van der Waals surface area (Å²) < 4.78 is 13.3. The summed E-state index contributed by atoms with van der Waals surface area (Å²) in [5.74, 6) is -0.392. The number of carbonyl (C=O) groups excluding carboxylic acids is 1. The molecule has 0 unspecified atom stereocenters. The average molecular weight is 289 g/mol. The summed E-state index contributed by atoms with van der Waals surface area (Å²) in [6.07, 6.45) is 0.693. The fraction of sp³-hybridized carbons (Fsp3) is 0.111. The first kappa shape index (κ1) is 10.1. The van der Waals surface area contributed by atoms with Gasteiger partial charge in [-0.1, -0.05) is 0 Å². The minimum absolute atomic E-state index is 0.0596. The third-order valence-electron chi connectivity index (χ3n) is 1.62. The van der Waals surface area contributed by atoms with Crippen molar-refractivity contribution in [3.8, 4) is 6.07 Å². The highest BCUT2D eigenvalue weighted by Crippen LogP contribution is 2.19. The molecule has 0 radical (unpaired) electrons. The molecule has 2 nitrogen and oxygen atoms in total. The molecule has 0 aliphatic rings. The normalized spacial score (nSPS) is 9.31. The molecular weight excluding hydrogens is 284 g/mol. The van der Waals surface area contributed by atoms with Crippen molar-refractivity contribution in [2.75, 3.05) is 0 Å². The predicted octanol–water partition coefficient (Wildman–Crippen LogP) is 2.31. The van der Waals surface area contributed by atoms with Crippen LogP contribution in [0.25, 0.3) is 0 Å². The zero-order valence-electron chi connectivity index (χ0n) is 6.55. The van der Waals surface area contributed by atoms with Crippen LogP contribution in [0, 0.1) is 20.7 Å². The van der Waals surface area contributed by atoms with E-state index in [4.69, 9.17) is 5.26 Å². The van der Waals surface area contributed by atoms with E-state index >= 15 is 0 Å². The summed E-state index contributed by atoms with van der Waals surface area (Å²) >= 11 is 1.79. The number of benzene rings is 1. The Morgan fingerprint density at radius 3 is 2.85 bits per heavy atom. The second-order valence-corrected chi connectivity index (χ2v) is 3.46. The Bertz CT molecular complexity index is 384. The van der Waals surface area contributed by atoms with Crippen molar-refractivity contribution in [3.63, 3.8) is 0 Å². The van der Waals surface area contributed by atoms with Gasteiger partial charge in [-0.05, 0) is 40.3 Å². The maximum absolute atomic E-state index is 13.0. The number of hydrogen-bond donors (Lipinski definition) is 0. The summed E-state index contributed by atoms with van der Waals surface area (Å²) in [7, 11) is 0. The number of nitriles is 1. The molecule has 1 aromatic rings. The van der Waals surface area contributed by atoms with Crippen LogP contribution in [0.15, 0.2) is 12.1 Å². The molecule has 0 amide bonds. The number of halogens is 2. The average Bonchev–Trinajstić information content (AvgIpc) is 2.14. The van der Waals surface area contributed by atoms with E-state index in [1.807, 2.05) is 6.07 Å². The molecule has 0 aliphatic carbocycles. The number of aldehydes is 1. The van der Waals surface area contributed by atoms with E-state index in [9.17, 15) is 9.18 Å². The van der Waals surface area contributed by atoms with Crippen LogP contribution in [-0.2, 0) is 6.42 Å². The minimum atomic E-state index is -0.392. The van der Waals surface area contributed by atoms with E-state index < -0.39 is 5.82 Å². The zero-order chi connectivity index (χ0) is 9.84. The third-order valence-corrected chi connectivity index (χ3v) is 2.78. The number of nitrogens with zero attached hydrogens (tertiary/aromatic N) is 1. The van der Waals surface area contributed by atoms with Crippen molar-refractivity contribution in [2.24, 2.45) is 0 Å². The van der Waals surface area contributed by atoms with Gasteiger partial charge >= 0.3 is 0 Å². The lowest BCUT2D eigenvalue weighted by atomic mass is 10.1. The van der Waals surface area contributed by atoms with Crippen LogP contribution in [0.5, 0.6) is 0 Å². The van der Waals surface area contributed by atoms with Crippen molar-refractivity contribution in [1.82, 2.24) is 0 Å². The van der Waals surface area contributed by atoms with Crippen LogP contribution in [-0.4, -0.2) is 6.29 Å². The van der Waals surface area contributed by atoms with Crippen molar-refractivity contribution in [2.45, 2.75) is 6.42 Å². The Morgan fingerprint density at radius 2 is 2.31 bits per heavy atom. The molecule has 0 bridgehead atoms. The smallest absolute Gasteiger partial charge is 0.150 e. The molecule has 0 heterocycles. The molecule has 1 aromatic carbocycles. The minimum Gasteiger partial charge on any atom is -0.298 e. The molecule has 4 heteroatoms. The summed E-state index contributed by atoms with van der Waals surface area (Å²) in [6.45, 7) is 0. The van der Waals surface area contributed by atoms with Gasteiger partial charge in [0, 0.05) is 5.56 Å². The van der Waals surface area contributed by atoms with Crippen LogP contribution in [0.2, 0.25) is 0 Å². The molecule has 0 saturated carbocycles. The third kappa shape index (κ3) is 2.04. The van der Waals surface area contributed by atoms with E-state index in [-0.39, 0.29) is 6.42 Å². The predicted molar refractivity (Wildman–Crippen MR) is 53.8 cm³/mol. The fourth-order valence-corrected chi connectivity index (χ4v) is 1.66. The highest BCUT2D eigenvalue weighted by atomic mass is 127. The molecule has 1 rings (SSSR count). The lowest BCUT2D eigenvalue weighted by molar-refractivity contribution is 0.112. The van der Waals surface area contributed by atoms with Gasteiger partial charge in [0.15, 0.2) is 0 Å². The van der Waals surface area contributed by atoms with Crippen molar-refractivity contribution in [3.05, 3.63) is 32.6 Å². The van der Waals surface area contributed by atoms with Crippen LogP contribution in [0.4, 0.5) is 4.39 Å². The van der Waals surface area contributed by atoms with Gasteiger partial charge in [0.1, 0.15) is 12.1 Å². The van der Waals surface area contributed by atoms with Crippen LogP contribution in [0.1, 0.15) is 15.9 Å². The highest BCUT2D eigenvalue weighted by molar-refractivity contribution is 14.1. The topological polar surface area (TPSA) is 40.9 Å². The first-order valence-corrected chi connectivity index (χ1v) is 4.57. The lowest BCUT2D eigenvalue weighted by Crippen LogP contribution is -1.98. The van der Waals surface area contributed by atoms with Crippen molar-refractivity contribution in [1.29, 1.82) is 5.26 Å². The molecule has 0 N–H and O–H groups in total. The first-order valence-electron chi connectivity index (χ1n) is 3.49. The summed E-state index contributed by atoms with van der Waals surface area (Å²) in [6, 6.07) is 4.51. The fourth-order valence-electron chi connectivity index (χ4n) is 0.977.